The topological polar surface area (TPSA) is 72.6 Å². The highest BCUT2D eigenvalue weighted by Crippen LogP contribution is 2.14. The molecule has 0 aliphatic carbocycles. The molecule has 0 heterocycles. The zero-order valence-electron chi connectivity index (χ0n) is 9.56. The van der Waals surface area contributed by atoms with E-state index in [0.29, 0.717) is 6.61 Å². The summed E-state index contributed by atoms with van der Waals surface area (Å²) in [5.74, 6) is -0.718. The number of methoxy groups -OCH3 is 1. The molecule has 0 aromatic heterocycles. The van der Waals surface area contributed by atoms with Crippen molar-refractivity contribution < 1.29 is 14.6 Å². The molecule has 0 radical (unpaired) electrons. The van der Waals surface area contributed by atoms with Gasteiger partial charge in [-0.15, -0.1) is 0 Å². The normalized spacial score (nSPS) is 14.4. The predicted octanol–water partition coefficient (Wildman–Crippen LogP) is 0.612. The van der Waals surface area contributed by atoms with Gasteiger partial charge in [0.15, 0.2) is 0 Å². The van der Waals surface area contributed by atoms with Gasteiger partial charge in [0, 0.05) is 13.5 Å². The fraction of sp³-hybridized carbons (Fsp3) is 0.417. The first kappa shape index (κ1) is 12.7. The van der Waals surface area contributed by atoms with Gasteiger partial charge in [-0.3, -0.25) is 4.79 Å². The number of primary amides is 1. The summed E-state index contributed by atoms with van der Waals surface area (Å²) < 4.78 is 5.01. The number of ether oxygens (including phenoxy) is 1. The first-order valence-electron chi connectivity index (χ1n) is 5.05. The van der Waals surface area contributed by atoms with E-state index in [0.717, 1.165) is 11.1 Å². The first-order chi connectivity index (χ1) is 7.45. The molecule has 4 nitrogen and oxygen atoms in total. The molecule has 0 saturated carbocycles. The van der Waals surface area contributed by atoms with Crippen molar-refractivity contribution in [2.75, 3.05) is 7.11 Å². The summed E-state index contributed by atoms with van der Waals surface area (Å²) in [6, 6.07) is 7.52. The summed E-state index contributed by atoms with van der Waals surface area (Å²) in [4.78, 5) is 11.0. The van der Waals surface area contributed by atoms with Gasteiger partial charge in [-0.2, -0.15) is 0 Å². The molecule has 88 valence electrons. The third-order valence-corrected chi connectivity index (χ3v) is 2.38. The van der Waals surface area contributed by atoms with Crippen LogP contribution >= 0.6 is 0 Å². The van der Waals surface area contributed by atoms with Gasteiger partial charge in [-0.25, -0.2) is 0 Å². The van der Waals surface area contributed by atoms with Crippen molar-refractivity contribution in [3.8, 4) is 0 Å². The number of hydrogen-bond acceptors (Lipinski definition) is 3. The third-order valence-electron chi connectivity index (χ3n) is 2.38. The van der Waals surface area contributed by atoms with E-state index in [1.807, 2.05) is 24.3 Å². The molecular weight excluding hydrogens is 206 g/mol. The predicted molar refractivity (Wildman–Crippen MR) is 60.7 cm³/mol. The molecule has 0 aliphatic heterocycles. The monoisotopic (exact) mass is 223 g/mol. The maximum Gasteiger partial charge on any atom is 0.249 e. The SMILES string of the molecule is COCc1cccc(C[C@@](C)(O)C(N)=O)c1. The molecule has 3 N–H and O–H groups in total. The first-order valence-corrected chi connectivity index (χ1v) is 5.05. The maximum atomic E-state index is 11.0. The van der Waals surface area contributed by atoms with Crippen LogP contribution in [0.1, 0.15) is 18.1 Å². The number of carbonyl (C=O) groups is 1. The summed E-state index contributed by atoms with van der Waals surface area (Å²) in [5, 5.41) is 9.76. The molecule has 4 heteroatoms. The molecular formula is C12H17NO3. The lowest BCUT2D eigenvalue weighted by Gasteiger charge is -2.19. The molecule has 0 bridgehead atoms. The van der Waals surface area contributed by atoms with Crippen molar-refractivity contribution in [2.45, 2.75) is 25.6 Å². The van der Waals surface area contributed by atoms with Crippen LogP contribution in [0.4, 0.5) is 0 Å². The molecule has 0 fully saturated rings. The zero-order chi connectivity index (χ0) is 12.2. The Kier molecular flexibility index (Phi) is 4.04. The van der Waals surface area contributed by atoms with Crippen molar-refractivity contribution in [3.05, 3.63) is 35.4 Å². The number of rotatable bonds is 5. The number of hydrogen-bond donors (Lipinski definition) is 2. The Labute approximate surface area is 95.0 Å². The van der Waals surface area contributed by atoms with Crippen LogP contribution in [0.15, 0.2) is 24.3 Å². The van der Waals surface area contributed by atoms with Crippen molar-refractivity contribution >= 4 is 5.91 Å². The second kappa shape index (κ2) is 5.09. The van der Waals surface area contributed by atoms with Gasteiger partial charge >= 0.3 is 0 Å². The lowest BCUT2D eigenvalue weighted by molar-refractivity contribution is -0.134. The van der Waals surface area contributed by atoms with E-state index >= 15 is 0 Å². The van der Waals surface area contributed by atoms with E-state index in [4.69, 9.17) is 10.5 Å². The summed E-state index contributed by atoms with van der Waals surface area (Å²) >= 11 is 0. The number of carbonyl (C=O) groups excluding carboxylic acids is 1. The Morgan fingerprint density at radius 2 is 2.12 bits per heavy atom. The van der Waals surface area contributed by atoms with Crippen LogP contribution in [0, 0.1) is 0 Å². The van der Waals surface area contributed by atoms with Crippen LogP contribution in [0.25, 0.3) is 0 Å². The lowest BCUT2D eigenvalue weighted by Crippen LogP contribution is -2.42. The molecule has 0 saturated heterocycles. The Bertz CT molecular complexity index is 374. The molecule has 1 aromatic carbocycles. The highest BCUT2D eigenvalue weighted by Gasteiger charge is 2.27. The van der Waals surface area contributed by atoms with E-state index < -0.39 is 11.5 Å². The minimum atomic E-state index is -1.51. The van der Waals surface area contributed by atoms with Gasteiger partial charge in [0.05, 0.1) is 6.61 Å². The van der Waals surface area contributed by atoms with Crippen molar-refractivity contribution in [2.24, 2.45) is 5.73 Å². The van der Waals surface area contributed by atoms with E-state index in [9.17, 15) is 9.90 Å². The van der Waals surface area contributed by atoms with E-state index in [2.05, 4.69) is 0 Å². The highest BCUT2D eigenvalue weighted by atomic mass is 16.5. The number of benzene rings is 1. The van der Waals surface area contributed by atoms with Crippen LogP contribution in [-0.2, 0) is 22.6 Å². The van der Waals surface area contributed by atoms with Crippen molar-refractivity contribution in [1.82, 2.24) is 0 Å². The highest BCUT2D eigenvalue weighted by molar-refractivity contribution is 5.83. The Morgan fingerprint density at radius 1 is 1.50 bits per heavy atom. The maximum absolute atomic E-state index is 11.0. The molecule has 0 unspecified atom stereocenters. The van der Waals surface area contributed by atoms with Crippen molar-refractivity contribution in [1.29, 1.82) is 0 Å². The average molecular weight is 223 g/mol. The fourth-order valence-electron chi connectivity index (χ4n) is 1.48. The zero-order valence-corrected chi connectivity index (χ0v) is 9.56. The molecule has 1 amide bonds. The summed E-state index contributed by atoms with van der Waals surface area (Å²) in [6.45, 7) is 1.92. The molecule has 0 spiro atoms. The fourth-order valence-corrected chi connectivity index (χ4v) is 1.48. The molecule has 1 aromatic rings. The third kappa shape index (κ3) is 3.32. The number of amides is 1. The minimum Gasteiger partial charge on any atom is -0.380 e. The quantitative estimate of drug-likeness (QED) is 0.768. The largest absolute Gasteiger partial charge is 0.380 e. The summed E-state index contributed by atoms with van der Waals surface area (Å²) in [6.07, 6.45) is 0.208. The van der Waals surface area contributed by atoms with Crippen LogP contribution in [-0.4, -0.2) is 23.7 Å². The lowest BCUT2D eigenvalue weighted by atomic mass is 9.95. The number of nitrogens with two attached hydrogens (primary N) is 1. The number of aliphatic hydroxyl groups is 1. The molecule has 16 heavy (non-hydrogen) atoms. The molecule has 0 aliphatic rings. The minimum absolute atomic E-state index is 0.208. The van der Waals surface area contributed by atoms with E-state index in [1.54, 1.807) is 7.11 Å². The van der Waals surface area contributed by atoms with Gasteiger partial charge in [-0.05, 0) is 18.1 Å². The molecule has 1 rings (SSSR count). The average Bonchev–Trinajstić information content (AvgIpc) is 2.17. The van der Waals surface area contributed by atoms with E-state index in [1.165, 1.54) is 6.92 Å². The van der Waals surface area contributed by atoms with Crippen LogP contribution in [0.3, 0.4) is 0 Å². The second-order valence-electron chi connectivity index (χ2n) is 4.07. The summed E-state index contributed by atoms with van der Waals surface area (Å²) in [5.41, 5.74) is 5.45. The Hall–Kier alpha value is -1.39. The van der Waals surface area contributed by atoms with Gasteiger partial charge in [0.2, 0.25) is 5.91 Å². The van der Waals surface area contributed by atoms with Gasteiger partial charge in [0.25, 0.3) is 0 Å². The Balaban J connectivity index is 2.81. The second-order valence-corrected chi connectivity index (χ2v) is 4.07. The van der Waals surface area contributed by atoms with Crippen LogP contribution < -0.4 is 5.73 Å². The van der Waals surface area contributed by atoms with Gasteiger partial charge in [0.1, 0.15) is 5.60 Å². The van der Waals surface area contributed by atoms with Crippen LogP contribution in [0.2, 0.25) is 0 Å². The van der Waals surface area contributed by atoms with Crippen molar-refractivity contribution in [3.63, 3.8) is 0 Å². The van der Waals surface area contributed by atoms with Crippen LogP contribution in [0.5, 0.6) is 0 Å². The Morgan fingerprint density at radius 3 is 2.69 bits per heavy atom. The molecule has 1 atom stereocenters. The van der Waals surface area contributed by atoms with E-state index in [-0.39, 0.29) is 6.42 Å². The standard InChI is InChI=1S/C12H17NO3/c1-12(15,11(13)14)7-9-4-3-5-10(6-9)8-16-2/h3-6,15H,7-8H2,1-2H3,(H2,13,14)/t12-/m1/s1. The van der Waals surface area contributed by atoms with Gasteiger partial charge < -0.3 is 15.6 Å². The summed E-state index contributed by atoms with van der Waals surface area (Å²) in [7, 11) is 1.62. The smallest absolute Gasteiger partial charge is 0.249 e. The van der Waals surface area contributed by atoms with Gasteiger partial charge in [-0.1, -0.05) is 24.3 Å².